The van der Waals surface area contributed by atoms with Crippen molar-refractivity contribution in [2.75, 3.05) is 7.11 Å². The summed E-state index contributed by atoms with van der Waals surface area (Å²) >= 11 is 0. The molecule has 8 rings (SSSR count). The van der Waals surface area contributed by atoms with Gasteiger partial charge >= 0.3 is 5.97 Å². The molecule has 0 saturated carbocycles. The Balaban J connectivity index is 1.04. The van der Waals surface area contributed by atoms with Gasteiger partial charge in [-0.05, 0) is 114 Å². The molecule has 12 nitrogen and oxygen atoms in total. The molecule has 13 heteroatoms. The van der Waals surface area contributed by atoms with Gasteiger partial charge in [0.1, 0.15) is 41.8 Å². The number of rotatable bonds is 16. The number of nitrogens with zero attached hydrogens (tertiary/aromatic N) is 4. The summed E-state index contributed by atoms with van der Waals surface area (Å²) in [6.45, 7) is 10.8. The van der Waals surface area contributed by atoms with Crippen LogP contribution < -0.4 is 14.9 Å². The number of carbonyl (C=O) groups is 2. The standard InChI is InChI=1S/C50H50N4O8Si/c1-7-63(8-2,9-3)62-31(5)46-43-27-42(48(54(43)49(46)56)50(57)60-29-33-12-16-35(17-13-33)52-53-51)34-14-10-32(11-15-34)28-59-38-20-23-41-45(26-38)61-44-25-36(55)18-21-40(44)47(41)39-22-19-37(58-6)24-30(39)4/h10-26,31,43,46H,7-9,27-29H2,1-6H3/t31-,43-,46-/m1/s1. The molecule has 0 bridgehead atoms. The highest BCUT2D eigenvalue weighted by molar-refractivity contribution is 6.73. The fourth-order valence-corrected chi connectivity index (χ4v) is 12.1. The van der Waals surface area contributed by atoms with Crippen molar-refractivity contribution < 1.29 is 32.6 Å². The number of hydrogen-bond donors (Lipinski definition) is 0. The number of fused-ring (bicyclic) bond motifs is 3. The zero-order valence-corrected chi connectivity index (χ0v) is 37.3. The summed E-state index contributed by atoms with van der Waals surface area (Å²) in [6, 6.07) is 33.8. The van der Waals surface area contributed by atoms with Crippen LogP contribution in [0, 0.1) is 12.8 Å². The van der Waals surface area contributed by atoms with E-state index in [1.54, 1.807) is 42.3 Å². The molecule has 0 N–H and O–H groups in total. The summed E-state index contributed by atoms with van der Waals surface area (Å²) in [5.74, 6) is 0.760. The molecule has 3 atom stereocenters. The van der Waals surface area contributed by atoms with Crippen LogP contribution in [0.15, 0.2) is 123 Å². The predicted molar refractivity (Wildman–Crippen MR) is 245 cm³/mol. The monoisotopic (exact) mass is 862 g/mol. The van der Waals surface area contributed by atoms with Crippen molar-refractivity contribution in [3.63, 3.8) is 0 Å². The van der Waals surface area contributed by atoms with E-state index in [0.717, 1.165) is 68.2 Å². The summed E-state index contributed by atoms with van der Waals surface area (Å²) in [5, 5.41) is 4.48. The van der Waals surface area contributed by atoms with Crippen LogP contribution in [0.1, 0.15) is 56.4 Å². The van der Waals surface area contributed by atoms with Crippen LogP contribution in [0.3, 0.4) is 0 Å². The van der Waals surface area contributed by atoms with Crippen molar-refractivity contribution in [2.24, 2.45) is 11.0 Å². The maximum Gasteiger partial charge on any atom is 0.355 e. The topological polar surface area (TPSA) is 153 Å². The molecule has 4 aromatic carbocycles. The first-order chi connectivity index (χ1) is 30.5. The van der Waals surface area contributed by atoms with Crippen molar-refractivity contribution >= 4 is 42.4 Å². The zero-order chi connectivity index (χ0) is 44.4. The molecule has 0 spiro atoms. The third kappa shape index (κ3) is 8.35. The smallest absolute Gasteiger partial charge is 0.355 e. The van der Waals surface area contributed by atoms with E-state index in [1.165, 1.54) is 6.07 Å². The number of aryl methyl sites for hydroxylation is 1. The molecule has 0 unspecified atom stereocenters. The second kappa shape index (κ2) is 18.0. The van der Waals surface area contributed by atoms with Gasteiger partial charge in [0.05, 0.1) is 25.2 Å². The summed E-state index contributed by atoms with van der Waals surface area (Å²) in [5.41, 5.74) is 16.9. The average Bonchev–Trinajstić information content (AvgIpc) is 3.64. The van der Waals surface area contributed by atoms with Crippen LogP contribution in [0.5, 0.6) is 11.5 Å². The summed E-state index contributed by atoms with van der Waals surface area (Å²) in [4.78, 5) is 44.8. The molecule has 322 valence electrons. The molecular formula is C50H50N4O8Si. The zero-order valence-electron chi connectivity index (χ0n) is 36.3. The van der Waals surface area contributed by atoms with Gasteiger partial charge in [-0.15, -0.1) is 0 Å². The van der Waals surface area contributed by atoms with Crippen LogP contribution in [-0.2, 0) is 32.0 Å². The number of esters is 1. The van der Waals surface area contributed by atoms with Crippen LogP contribution in [0.2, 0.25) is 18.1 Å². The molecule has 63 heavy (non-hydrogen) atoms. The van der Waals surface area contributed by atoms with Gasteiger partial charge in [0, 0.05) is 39.2 Å². The Morgan fingerprint density at radius 3 is 2.24 bits per heavy atom. The number of ether oxygens (including phenoxy) is 3. The molecule has 0 aromatic heterocycles. The van der Waals surface area contributed by atoms with Gasteiger partial charge in [0.25, 0.3) is 0 Å². The first-order valence-corrected chi connectivity index (χ1v) is 24.0. The maximum absolute atomic E-state index is 14.0. The van der Waals surface area contributed by atoms with Crippen molar-refractivity contribution in [2.45, 2.75) is 84.5 Å². The molecule has 4 aromatic rings. The lowest BCUT2D eigenvalue weighted by Gasteiger charge is -2.48. The molecular weight excluding hydrogens is 813 g/mol. The van der Waals surface area contributed by atoms with Crippen molar-refractivity contribution in [1.29, 1.82) is 0 Å². The van der Waals surface area contributed by atoms with E-state index in [9.17, 15) is 14.4 Å². The van der Waals surface area contributed by atoms with E-state index < -0.39 is 14.3 Å². The number of carbonyl (C=O) groups excluding carboxylic acids is 2. The molecule has 1 aliphatic carbocycles. The minimum atomic E-state index is -2.00. The fourth-order valence-electron chi connectivity index (χ4n) is 9.14. The van der Waals surface area contributed by atoms with Gasteiger partial charge in [-0.1, -0.05) is 80.5 Å². The van der Waals surface area contributed by atoms with Crippen molar-refractivity contribution in [3.05, 3.63) is 152 Å². The van der Waals surface area contributed by atoms with Crippen LogP contribution in [0.25, 0.3) is 49.4 Å². The van der Waals surface area contributed by atoms with Gasteiger partial charge in [-0.3, -0.25) is 9.59 Å². The molecule has 1 fully saturated rings. The maximum atomic E-state index is 14.0. The predicted octanol–water partition coefficient (Wildman–Crippen LogP) is 11.5. The Morgan fingerprint density at radius 1 is 0.873 bits per heavy atom. The van der Waals surface area contributed by atoms with Crippen LogP contribution in [0.4, 0.5) is 5.69 Å². The number of azide groups is 1. The first kappa shape index (κ1) is 43.0. The molecule has 1 amide bonds. The lowest BCUT2D eigenvalue weighted by atomic mass is 9.82. The first-order valence-electron chi connectivity index (χ1n) is 21.4. The van der Waals surface area contributed by atoms with E-state index >= 15 is 0 Å². The summed E-state index contributed by atoms with van der Waals surface area (Å²) in [7, 11) is -0.359. The molecule has 4 aliphatic rings. The molecule has 0 radical (unpaired) electrons. The number of amides is 1. The van der Waals surface area contributed by atoms with E-state index in [0.29, 0.717) is 34.8 Å². The highest BCUT2D eigenvalue weighted by Gasteiger charge is 2.58. The highest BCUT2D eigenvalue weighted by Crippen LogP contribution is 2.49. The summed E-state index contributed by atoms with van der Waals surface area (Å²) < 4.78 is 30.7. The average molecular weight is 863 g/mol. The lowest BCUT2D eigenvalue weighted by Crippen LogP contribution is -2.63. The normalized spacial score (nSPS) is 16.4. The SMILES string of the molecule is CC[Si](CC)(CC)O[C@H](C)[C@H]1C(=O)N2C(C(=O)OCc3ccc(N=[N+]=[N-])cc3)=C(c3ccc(COc4ccc5c(-c6ccc(OC)cc6C)c6ccc(=O)cc-6oc5c4)cc3)C[C@H]12. The largest absolute Gasteiger partial charge is 0.497 e. The Labute approximate surface area is 367 Å². The van der Waals surface area contributed by atoms with Gasteiger partial charge in [0.15, 0.2) is 13.7 Å². The number of β-lactam (4-membered cyclic amide) rings is 1. The second-order valence-electron chi connectivity index (χ2n) is 16.3. The molecule has 3 heterocycles. The lowest BCUT2D eigenvalue weighted by molar-refractivity contribution is -0.162. The van der Waals surface area contributed by atoms with Crippen molar-refractivity contribution in [3.8, 4) is 33.9 Å². The van der Waals surface area contributed by atoms with Gasteiger partial charge in [-0.2, -0.15) is 0 Å². The highest BCUT2D eigenvalue weighted by atomic mass is 28.4. The third-order valence-corrected chi connectivity index (χ3v) is 17.6. The quantitative estimate of drug-likeness (QED) is 0.0177. The third-order valence-electron chi connectivity index (χ3n) is 12.8. The van der Waals surface area contributed by atoms with E-state index in [2.05, 4.69) is 30.8 Å². The Kier molecular flexibility index (Phi) is 12.3. The van der Waals surface area contributed by atoms with Gasteiger partial charge < -0.3 is 28.0 Å². The van der Waals surface area contributed by atoms with Crippen LogP contribution in [-0.4, -0.2) is 44.3 Å². The van der Waals surface area contributed by atoms with Gasteiger partial charge in [0.2, 0.25) is 5.91 Å². The van der Waals surface area contributed by atoms with E-state index in [-0.39, 0.29) is 48.3 Å². The Morgan fingerprint density at radius 2 is 1.56 bits per heavy atom. The number of hydrogen-bond acceptors (Lipinski definition) is 9. The Bertz CT molecular complexity index is 2800. The van der Waals surface area contributed by atoms with Crippen molar-refractivity contribution in [1.82, 2.24) is 4.90 Å². The Hall–Kier alpha value is -6.66. The summed E-state index contributed by atoms with van der Waals surface area (Å²) in [6.07, 6.45) is 0.214. The van der Waals surface area contributed by atoms with Gasteiger partial charge in [-0.25, -0.2) is 4.79 Å². The molecule has 1 saturated heterocycles. The minimum Gasteiger partial charge on any atom is -0.497 e. The second-order valence-corrected chi connectivity index (χ2v) is 21.0. The van der Waals surface area contributed by atoms with E-state index in [4.69, 9.17) is 28.6 Å². The molecule has 3 aliphatic heterocycles. The van der Waals surface area contributed by atoms with Crippen LogP contribution >= 0.6 is 0 Å². The fraction of sp³-hybridized carbons (Fsp3) is 0.300. The number of benzene rings is 5. The minimum absolute atomic E-state index is 0.0178. The van der Waals surface area contributed by atoms with E-state index in [1.807, 2.05) is 80.6 Å². The number of methoxy groups -OCH3 is 1.